The highest BCUT2D eigenvalue weighted by atomic mass is 16.5. The second-order valence-corrected chi connectivity index (χ2v) is 4.43. The quantitative estimate of drug-likeness (QED) is 0.810. The van der Waals surface area contributed by atoms with E-state index in [1.54, 1.807) is 6.92 Å². The second kappa shape index (κ2) is 6.55. The number of aliphatic hydroxyl groups excluding tert-OH is 1. The number of aliphatic hydroxyl groups is 1. The molecule has 0 heterocycles. The van der Waals surface area contributed by atoms with Crippen LogP contribution in [0.5, 0.6) is 5.75 Å². The SMILES string of the molecule is CCOCCOc1c([C@H](C)O)ccc2ccccc12. The van der Waals surface area contributed by atoms with Crippen molar-refractivity contribution >= 4 is 10.8 Å². The molecular weight excluding hydrogens is 240 g/mol. The summed E-state index contributed by atoms with van der Waals surface area (Å²) < 4.78 is 11.1. The molecule has 2 aromatic carbocycles. The van der Waals surface area contributed by atoms with Crippen LogP contribution in [-0.4, -0.2) is 24.9 Å². The lowest BCUT2D eigenvalue weighted by atomic mass is 10.0. The van der Waals surface area contributed by atoms with E-state index in [4.69, 9.17) is 9.47 Å². The summed E-state index contributed by atoms with van der Waals surface area (Å²) in [6.07, 6.45) is -0.549. The molecule has 0 spiro atoms. The van der Waals surface area contributed by atoms with Crippen LogP contribution < -0.4 is 4.74 Å². The summed E-state index contributed by atoms with van der Waals surface area (Å²) in [6.45, 7) is 5.43. The Morgan fingerprint density at radius 3 is 2.63 bits per heavy atom. The summed E-state index contributed by atoms with van der Waals surface area (Å²) in [6, 6.07) is 11.9. The van der Waals surface area contributed by atoms with Gasteiger partial charge in [0.1, 0.15) is 12.4 Å². The topological polar surface area (TPSA) is 38.7 Å². The Balaban J connectivity index is 2.33. The molecule has 1 N–H and O–H groups in total. The van der Waals surface area contributed by atoms with E-state index < -0.39 is 6.10 Å². The average molecular weight is 260 g/mol. The third kappa shape index (κ3) is 3.25. The van der Waals surface area contributed by atoms with Crippen molar-refractivity contribution in [2.45, 2.75) is 20.0 Å². The molecule has 102 valence electrons. The molecule has 1 atom stereocenters. The Kier molecular flexibility index (Phi) is 4.77. The molecule has 3 heteroatoms. The van der Waals surface area contributed by atoms with Gasteiger partial charge in [0.05, 0.1) is 12.7 Å². The summed E-state index contributed by atoms with van der Waals surface area (Å²) in [4.78, 5) is 0. The molecular formula is C16H20O3. The third-order valence-electron chi connectivity index (χ3n) is 3.04. The second-order valence-electron chi connectivity index (χ2n) is 4.43. The van der Waals surface area contributed by atoms with Crippen molar-refractivity contribution in [2.24, 2.45) is 0 Å². The Morgan fingerprint density at radius 2 is 1.89 bits per heavy atom. The fraction of sp³-hybridized carbons (Fsp3) is 0.375. The predicted molar refractivity (Wildman–Crippen MR) is 76.6 cm³/mol. The maximum Gasteiger partial charge on any atom is 0.133 e. The van der Waals surface area contributed by atoms with Gasteiger partial charge in [-0.2, -0.15) is 0 Å². The van der Waals surface area contributed by atoms with Gasteiger partial charge in [-0.1, -0.05) is 36.4 Å². The minimum Gasteiger partial charge on any atom is -0.490 e. The zero-order valence-electron chi connectivity index (χ0n) is 11.4. The summed E-state index contributed by atoms with van der Waals surface area (Å²) in [7, 11) is 0. The molecule has 0 radical (unpaired) electrons. The Morgan fingerprint density at radius 1 is 1.11 bits per heavy atom. The molecule has 0 aliphatic heterocycles. The van der Waals surface area contributed by atoms with Crippen LogP contribution in [0, 0.1) is 0 Å². The summed E-state index contributed by atoms with van der Waals surface area (Å²) >= 11 is 0. The van der Waals surface area contributed by atoms with E-state index in [-0.39, 0.29) is 0 Å². The van der Waals surface area contributed by atoms with E-state index in [0.717, 1.165) is 22.1 Å². The first-order chi connectivity index (χ1) is 9.24. The smallest absolute Gasteiger partial charge is 0.133 e. The van der Waals surface area contributed by atoms with Crippen LogP contribution in [-0.2, 0) is 4.74 Å². The standard InChI is InChI=1S/C16H20O3/c1-3-18-10-11-19-16-14(12(2)17)9-8-13-6-4-5-7-15(13)16/h4-9,12,17H,3,10-11H2,1-2H3/t12-/m0/s1. The number of hydrogen-bond donors (Lipinski definition) is 1. The molecule has 0 saturated carbocycles. The molecule has 0 aromatic heterocycles. The Bertz CT molecular complexity index is 535. The third-order valence-corrected chi connectivity index (χ3v) is 3.04. The van der Waals surface area contributed by atoms with E-state index in [2.05, 4.69) is 0 Å². The highest BCUT2D eigenvalue weighted by Crippen LogP contribution is 2.33. The van der Waals surface area contributed by atoms with Gasteiger partial charge in [-0.15, -0.1) is 0 Å². The first kappa shape index (κ1) is 13.8. The number of rotatable bonds is 6. The van der Waals surface area contributed by atoms with Crippen molar-refractivity contribution in [3.63, 3.8) is 0 Å². The molecule has 3 nitrogen and oxygen atoms in total. The predicted octanol–water partition coefficient (Wildman–Crippen LogP) is 3.31. The van der Waals surface area contributed by atoms with Gasteiger partial charge in [-0.3, -0.25) is 0 Å². The Labute approximate surface area is 113 Å². The van der Waals surface area contributed by atoms with Crippen molar-refractivity contribution in [1.82, 2.24) is 0 Å². The van der Waals surface area contributed by atoms with Crippen LogP contribution in [0.3, 0.4) is 0 Å². The lowest BCUT2D eigenvalue weighted by molar-refractivity contribution is 0.108. The molecule has 2 aromatic rings. The molecule has 0 amide bonds. The number of hydrogen-bond acceptors (Lipinski definition) is 3. The van der Waals surface area contributed by atoms with Gasteiger partial charge in [0.2, 0.25) is 0 Å². The molecule has 0 unspecified atom stereocenters. The maximum atomic E-state index is 9.86. The average Bonchev–Trinajstić information content (AvgIpc) is 2.43. The van der Waals surface area contributed by atoms with Gasteiger partial charge in [-0.25, -0.2) is 0 Å². The monoisotopic (exact) mass is 260 g/mol. The van der Waals surface area contributed by atoms with Crippen LogP contribution in [0.4, 0.5) is 0 Å². The van der Waals surface area contributed by atoms with Crippen molar-refractivity contribution in [3.8, 4) is 5.75 Å². The highest BCUT2D eigenvalue weighted by molar-refractivity contribution is 5.89. The molecule has 0 aliphatic carbocycles. The Hall–Kier alpha value is -1.58. The summed E-state index contributed by atoms with van der Waals surface area (Å²) in [5, 5.41) is 12.0. The van der Waals surface area contributed by atoms with E-state index in [0.29, 0.717) is 19.8 Å². The first-order valence-corrected chi connectivity index (χ1v) is 6.64. The van der Waals surface area contributed by atoms with Crippen LogP contribution in [0.15, 0.2) is 36.4 Å². The minimum atomic E-state index is -0.549. The molecule has 0 fully saturated rings. The van der Waals surface area contributed by atoms with Crippen LogP contribution in [0.1, 0.15) is 25.5 Å². The lowest BCUT2D eigenvalue weighted by Crippen LogP contribution is -2.08. The highest BCUT2D eigenvalue weighted by Gasteiger charge is 2.12. The zero-order valence-corrected chi connectivity index (χ0v) is 11.4. The van der Waals surface area contributed by atoms with Crippen molar-refractivity contribution in [3.05, 3.63) is 42.0 Å². The summed E-state index contributed by atoms with van der Waals surface area (Å²) in [5.74, 6) is 0.757. The molecule has 2 rings (SSSR count). The van der Waals surface area contributed by atoms with Gasteiger partial charge >= 0.3 is 0 Å². The summed E-state index contributed by atoms with van der Waals surface area (Å²) in [5.41, 5.74) is 0.815. The van der Waals surface area contributed by atoms with E-state index in [1.807, 2.05) is 43.3 Å². The van der Waals surface area contributed by atoms with Gasteiger partial charge in [-0.05, 0) is 19.2 Å². The van der Waals surface area contributed by atoms with Gasteiger partial charge in [0.25, 0.3) is 0 Å². The van der Waals surface area contributed by atoms with E-state index >= 15 is 0 Å². The largest absolute Gasteiger partial charge is 0.490 e. The van der Waals surface area contributed by atoms with Gasteiger partial charge < -0.3 is 14.6 Å². The van der Waals surface area contributed by atoms with Gasteiger partial charge in [0.15, 0.2) is 0 Å². The fourth-order valence-electron chi connectivity index (χ4n) is 2.10. The first-order valence-electron chi connectivity index (χ1n) is 6.64. The molecule has 0 bridgehead atoms. The zero-order chi connectivity index (χ0) is 13.7. The van der Waals surface area contributed by atoms with Crippen LogP contribution in [0.2, 0.25) is 0 Å². The van der Waals surface area contributed by atoms with Crippen molar-refractivity contribution in [1.29, 1.82) is 0 Å². The number of ether oxygens (including phenoxy) is 2. The normalized spacial score (nSPS) is 12.6. The van der Waals surface area contributed by atoms with Crippen molar-refractivity contribution in [2.75, 3.05) is 19.8 Å². The molecule has 0 aliphatic rings. The van der Waals surface area contributed by atoms with E-state index in [9.17, 15) is 5.11 Å². The van der Waals surface area contributed by atoms with E-state index in [1.165, 1.54) is 0 Å². The van der Waals surface area contributed by atoms with Crippen LogP contribution >= 0.6 is 0 Å². The molecule has 19 heavy (non-hydrogen) atoms. The lowest BCUT2D eigenvalue weighted by Gasteiger charge is -2.16. The van der Waals surface area contributed by atoms with Gasteiger partial charge in [0, 0.05) is 17.6 Å². The van der Waals surface area contributed by atoms with Crippen LogP contribution in [0.25, 0.3) is 10.8 Å². The minimum absolute atomic E-state index is 0.488. The number of benzene rings is 2. The molecule has 0 saturated heterocycles. The van der Waals surface area contributed by atoms with Crippen molar-refractivity contribution < 1.29 is 14.6 Å². The number of fused-ring (bicyclic) bond motifs is 1. The fourth-order valence-corrected chi connectivity index (χ4v) is 2.10. The maximum absolute atomic E-state index is 9.86.